The van der Waals surface area contributed by atoms with E-state index in [9.17, 15) is 0 Å². The van der Waals surface area contributed by atoms with Crippen LogP contribution in [0.5, 0.6) is 0 Å². The molecule has 0 aromatic heterocycles. The second-order valence-electron chi connectivity index (χ2n) is 4.92. The first-order valence-corrected chi connectivity index (χ1v) is 7.41. The summed E-state index contributed by atoms with van der Waals surface area (Å²) in [5, 5.41) is 0. The molecule has 0 heteroatoms. The minimum Gasteiger partial charge on any atom is -0.103 e. The van der Waals surface area contributed by atoms with E-state index in [0.717, 1.165) is 22.3 Å². The standard InChI is InChI=1S/C22H22/c1-3-11-21(17-19-13-7-5-8-14-19)22(12-4-2)18-20-15-9-6-10-16-20/h3-10,13-18H,1-2,11-12H2/i17D,18D. The molecule has 0 unspecified atom stereocenters. The molecule has 0 aliphatic carbocycles. The van der Waals surface area contributed by atoms with Gasteiger partial charge in [-0.15, -0.1) is 13.2 Å². The maximum absolute atomic E-state index is 8.62. The maximum atomic E-state index is 8.62. The highest BCUT2D eigenvalue weighted by molar-refractivity contribution is 5.66. The van der Waals surface area contributed by atoms with E-state index in [1.54, 1.807) is 12.2 Å². The summed E-state index contributed by atoms with van der Waals surface area (Å²) >= 11 is 0. The van der Waals surface area contributed by atoms with Crippen molar-refractivity contribution in [2.24, 2.45) is 0 Å². The number of allylic oxidation sites excluding steroid dienone is 4. The third-order valence-electron chi connectivity index (χ3n) is 3.20. The van der Waals surface area contributed by atoms with Crippen LogP contribution in [0.3, 0.4) is 0 Å². The van der Waals surface area contributed by atoms with Crippen LogP contribution in [-0.4, -0.2) is 0 Å². The smallest absolute Gasteiger partial charge is 0.0632 e. The lowest BCUT2D eigenvalue weighted by Crippen LogP contribution is -1.90. The van der Waals surface area contributed by atoms with Crippen molar-refractivity contribution in [3.05, 3.63) is 108 Å². The molecule has 22 heavy (non-hydrogen) atoms. The Balaban J connectivity index is 2.65. The van der Waals surface area contributed by atoms with Crippen LogP contribution >= 0.6 is 0 Å². The van der Waals surface area contributed by atoms with Gasteiger partial charge in [-0.25, -0.2) is 0 Å². The van der Waals surface area contributed by atoms with E-state index >= 15 is 0 Å². The molecule has 0 atom stereocenters. The zero-order chi connectivity index (χ0) is 17.4. The number of hydrogen-bond acceptors (Lipinski definition) is 0. The van der Waals surface area contributed by atoms with Gasteiger partial charge >= 0.3 is 0 Å². The van der Waals surface area contributed by atoms with Crippen molar-refractivity contribution in [3.63, 3.8) is 0 Å². The fraction of sp³-hybridized carbons (Fsp3) is 0.0909. The first kappa shape index (κ1) is 13.1. The molecule has 0 aliphatic rings. The minimum absolute atomic E-state index is 0.438. The topological polar surface area (TPSA) is 0 Å². The molecule has 2 rings (SSSR count). The second kappa shape index (κ2) is 8.63. The van der Waals surface area contributed by atoms with E-state index in [2.05, 4.69) is 13.2 Å². The lowest BCUT2D eigenvalue weighted by Gasteiger charge is -2.10. The van der Waals surface area contributed by atoms with Crippen molar-refractivity contribution < 1.29 is 2.74 Å². The summed E-state index contributed by atoms with van der Waals surface area (Å²) in [7, 11) is 0. The average Bonchev–Trinajstić information content (AvgIpc) is 2.65. The van der Waals surface area contributed by atoms with Crippen molar-refractivity contribution in [3.8, 4) is 0 Å². The summed E-state index contributed by atoms with van der Waals surface area (Å²) in [4.78, 5) is 0. The van der Waals surface area contributed by atoms with Crippen molar-refractivity contribution in [2.45, 2.75) is 12.8 Å². The summed E-state index contributed by atoms with van der Waals surface area (Å²) in [5.41, 5.74) is 3.34. The monoisotopic (exact) mass is 288 g/mol. The molecular weight excluding hydrogens is 264 g/mol. The molecule has 0 N–H and O–H groups in total. The highest BCUT2D eigenvalue weighted by Gasteiger charge is 2.03. The fourth-order valence-corrected chi connectivity index (χ4v) is 2.18. The summed E-state index contributed by atoms with van der Waals surface area (Å²) in [6.45, 7) is 7.65. The van der Waals surface area contributed by atoms with Gasteiger partial charge in [-0.2, -0.15) is 0 Å². The fourth-order valence-electron chi connectivity index (χ4n) is 2.18. The van der Waals surface area contributed by atoms with Gasteiger partial charge in [0.25, 0.3) is 0 Å². The Morgan fingerprint density at radius 2 is 1.09 bits per heavy atom. The molecule has 2 aromatic rings. The van der Waals surface area contributed by atoms with Gasteiger partial charge in [-0.1, -0.05) is 84.9 Å². The van der Waals surface area contributed by atoms with Crippen LogP contribution in [0.1, 0.15) is 26.7 Å². The summed E-state index contributed by atoms with van der Waals surface area (Å²) in [6.07, 6.45) is 4.67. The normalized spacial score (nSPS) is 14.2. The van der Waals surface area contributed by atoms with Gasteiger partial charge in [0, 0.05) is 0 Å². The number of hydrogen-bond donors (Lipinski definition) is 0. The zero-order valence-electron chi connectivity index (χ0n) is 14.8. The van der Waals surface area contributed by atoms with E-state index in [1.165, 1.54) is 0 Å². The van der Waals surface area contributed by atoms with Gasteiger partial charge in [0.05, 0.1) is 2.74 Å². The highest BCUT2D eigenvalue weighted by Crippen LogP contribution is 2.24. The number of benzene rings is 2. The van der Waals surface area contributed by atoms with Gasteiger partial charge < -0.3 is 0 Å². The van der Waals surface area contributed by atoms with Crippen LogP contribution in [0.25, 0.3) is 12.1 Å². The quantitative estimate of drug-likeness (QED) is 0.414. The lowest BCUT2D eigenvalue weighted by molar-refractivity contribution is 1.17. The molecule has 0 radical (unpaired) electrons. The van der Waals surface area contributed by atoms with Gasteiger partial charge in [-0.05, 0) is 35.1 Å². The van der Waals surface area contributed by atoms with Gasteiger partial charge in [0.15, 0.2) is 0 Å². The Kier molecular flexibility index (Phi) is 5.14. The summed E-state index contributed by atoms with van der Waals surface area (Å²) in [5.74, 6) is 0. The molecule has 0 spiro atoms. The third-order valence-corrected chi connectivity index (χ3v) is 3.20. The predicted octanol–water partition coefficient (Wildman–Crippen LogP) is 6.31. The molecule has 0 saturated heterocycles. The van der Waals surface area contributed by atoms with Crippen molar-refractivity contribution >= 4 is 12.1 Å². The Hall–Kier alpha value is -2.60. The molecule has 0 aliphatic heterocycles. The first-order chi connectivity index (χ1) is 11.7. The van der Waals surface area contributed by atoms with Crippen LogP contribution < -0.4 is 0 Å². The molecule has 0 heterocycles. The lowest BCUT2D eigenvalue weighted by atomic mass is 9.95. The second-order valence-corrected chi connectivity index (χ2v) is 4.92. The summed E-state index contributed by atoms with van der Waals surface area (Å²) < 4.78 is 17.2. The van der Waals surface area contributed by atoms with Crippen LogP contribution in [0.2, 0.25) is 0 Å². The summed E-state index contributed by atoms with van der Waals surface area (Å²) in [6, 6.07) is 20.1. The van der Waals surface area contributed by atoms with E-state index < -0.39 is 0 Å². The average molecular weight is 288 g/mol. The predicted molar refractivity (Wildman–Crippen MR) is 98.5 cm³/mol. The molecule has 110 valence electrons. The van der Waals surface area contributed by atoms with Crippen LogP contribution in [0.15, 0.2) is 97.1 Å². The van der Waals surface area contributed by atoms with Crippen molar-refractivity contribution in [1.82, 2.24) is 0 Å². The van der Waals surface area contributed by atoms with E-state index in [4.69, 9.17) is 2.74 Å². The molecule has 0 amide bonds. The van der Waals surface area contributed by atoms with Gasteiger partial charge in [0.1, 0.15) is 0 Å². The SMILES string of the molecule is [2H]C(=C(CC=C)C(CC=C)=C([2H])c1ccccc1)c1ccccc1. The molecule has 2 aromatic carbocycles. The molecular formula is C22H22. The van der Waals surface area contributed by atoms with E-state index in [-0.39, 0.29) is 0 Å². The minimum atomic E-state index is 0.438. The van der Waals surface area contributed by atoms with E-state index in [0.29, 0.717) is 24.9 Å². The Morgan fingerprint density at radius 1 is 0.727 bits per heavy atom. The Bertz CT molecular complexity index is 686. The third kappa shape index (κ3) is 4.75. The molecule has 0 saturated carbocycles. The highest BCUT2D eigenvalue weighted by atomic mass is 14.1. The van der Waals surface area contributed by atoms with Crippen molar-refractivity contribution in [1.29, 1.82) is 0 Å². The Morgan fingerprint density at radius 3 is 1.41 bits per heavy atom. The van der Waals surface area contributed by atoms with Crippen molar-refractivity contribution in [2.75, 3.05) is 0 Å². The number of rotatable bonds is 7. The molecule has 0 bridgehead atoms. The van der Waals surface area contributed by atoms with Crippen LogP contribution in [0.4, 0.5) is 0 Å². The van der Waals surface area contributed by atoms with Crippen LogP contribution in [0, 0.1) is 0 Å². The Labute approximate surface area is 136 Å². The molecule has 0 nitrogen and oxygen atoms in total. The van der Waals surface area contributed by atoms with Crippen LogP contribution in [-0.2, 0) is 0 Å². The zero-order valence-corrected chi connectivity index (χ0v) is 12.8. The largest absolute Gasteiger partial charge is 0.103 e. The first-order valence-electron chi connectivity index (χ1n) is 8.41. The van der Waals surface area contributed by atoms with E-state index in [1.807, 2.05) is 60.7 Å². The van der Waals surface area contributed by atoms with Gasteiger partial charge in [0.2, 0.25) is 0 Å². The molecule has 0 fully saturated rings. The van der Waals surface area contributed by atoms with Gasteiger partial charge in [-0.3, -0.25) is 0 Å². The maximum Gasteiger partial charge on any atom is 0.0632 e.